The van der Waals surface area contributed by atoms with Crippen molar-refractivity contribution in [2.45, 2.75) is 25.8 Å². The Hall–Kier alpha value is -2.21. The van der Waals surface area contributed by atoms with Crippen molar-refractivity contribution in [3.8, 4) is 0 Å². The van der Waals surface area contributed by atoms with E-state index in [1.807, 2.05) is 6.92 Å². The highest BCUT2D eigenvalue weighted by Crippen LogP contribution is 2.19. The Morgan fingerprint density at radius 1 is 1.45 bits per heavy atom. The lowest BCUT2D eigenvalue weighted by atomic mass is 10.0. The van der Waals surface area contributed by atoms with E-state index in [-0.39, 0.29) is 10.9 Å². The standard InChI is InChI=1S/C16H17FN2O3/c1-9-5-10(17)6-11-13(9)18-7-12(14(11)20)15(21)19-16(2)3-4-22-8-16/h5-7H,3-4,8H2,1-2H3,(H,18,20)(H,19,21). The molecule has 1 fully saturated rings. The minimum atomic E-state index is -0.496. The number of nitrogens with one attached hydrogen (secondary N) is 2. The van der Waals surface area contributed by atoms with Crippen LogP contribution in [0.5, 0.6) is 0 Å². The third-order valence-electron chi connectivity index (χ3n) is 4.03. The average Bonchev–Trinajstić information content (AvgIpc) is 2.86. The quantitative estimate of drug-likeness (QED) is 0.890. The molecule has 0 radical (unpaired) electrons. The van der Waals surface area contributed by atoms with Crippen LogP contribution in [-0.4, -0.2) is 29.6 Å². The van der Waals surface area contributed by atoms with E-state index in [0.717, 1.165) is 6.07 Å². The first-order valence-electron chi connectivity index (χ1n) is 7.11. The molecule has 0 saturated carbocycles. The van der Waals surface area contributed by atoms with E-state index in [2.05, 4.69) is 10.3 Å². The molecule has 1 aromatic heterocycles. The molecule has 0 aliphatic carbocycles. The number of fused-ring (bicyclic) bond motifs is 1. The van der Waals surface area contributed by atoms with Crippen LogP contribution in [0, 0.1) is 12.7 Å². The summed E-state index contributed by atoms with van der Waals surface area (Å²) in [6, 6.07) is 2.49. The van der Waals surface area contributed by atoms with Crippen molar-refractivity contribution in [1.82, 2.24) is 10.3 Å². The Morgan fingerprint density at radius 3 is 2.91 bits per heavy atom. The van der Waals surface area contributed by atoms with E-state index < -0.39 is 22.7 Å². The molecular formula is C16H17FN2O3. The molecule has 0 bridgehead atoms. The number of H-pyrrole nitrogens is 1. The van der Waals surface area contributed by atoms with Gasteiger partial charge in [0.15, 0.2) is 0 Å². The number of halogens is 1. The van der Waals surface area contributed by atoms with E-state index in [1.165, 1.54) is 12.3 Å². The number of rotatable bonds is 2. The molecule has 2 heterocycles. The summed E-state index contributed by atoms with van der Waals surface area (Å²) in [4.78, 5) is 27.7. The van der Waals surface area contributed by atoms with Crippen LogP contribution in [0.15, 0.2) is 23.1 Å². The van der Waals surface area contributed by atoms with Crippen molar-refractivity contribution in [1.29, 1.82) is 0 Å². The second-order valence-electron chi connectivity index (χ2n) is 5.99. The van der Waals surface area contributed by atoms with Gasteiger partial charge in [-0.1, -0.05) is 0 Å². The maximum absolute atomic E-state index is 13.5. The maximum atomic E-state index is 13.5. The third-order valence-corrected chi connectivity index (χ3v) is 4.03. The molecule has 0 spiro atoms. The lowest BCUT2D eigenvalue weighted by molar-refractivity contribution is 0.0888. The van der Waals surface area contributed by atoms with Crippen molar-refractivity contribution in [3.05, 3.63) is 45.5 Å². The summed E-state index contributed by atoms with van der Waals surface area (Å²) in [5.74, 6) is -0.970. The van der Waals surface area contributed by atoms with Crippen molar-refractivity contribution in [2.75, 3.05) is 13.2 Å². The molecule has 2 N–H and O–H groups in total. The second-order valence-corrected chi connectivity index (χ2v) is 5.99. The van der Waals surface area contributed by atoms with Gasteiger partial charge in [0.05, 0.1) is 17.7 Å². The number of ether oxygens (including phenoxy) is 1. The fourth-order valence-electron chi connectivity index (χ4n) is 2.74. The predicted octanol–water partition coefficient (Wildman–Crippen LogP) is 1.88. The molecule has 1 unspecified atom stereocenters. The maximum Gasteiger partial charge on any atom is 0.257 e. The zero-order valence-corrected chi connectivity index (χ0v) is 12.5. The number of pyridine rings is 1. The Balaban J connectivity index is 2.03. The van der Waals surface area contributed by atoms with Gasteiger partial charge in [0.25, 0.3) is 5.91 Å². The number of hydrogen-bond donors (Lipinski definition) is 2. The Kier molecular flexibility index (Phi) is 3.48. The molecule has 1 atom stereocenters. The predicted molar refractivity (Wildman–Crippen MR) is 80.6 cm³/mol. The highest BCUT2D eigenvalue weighted by molar-refractivity contribution is 5.97. The molecule has 5 nitrogen and oxygen atoms in total. The second kappa shape index (κ2) is 5.21. The largest absolute Gasteiger partial charge is 0.379 e. The van der Waals surface area contributed by atoms with E-state index >= 15 is 0 Å². The van der Waals surface area contributed by atoms with E-state index in [4.69, 9.17) is 4.74 Å². The Labute approximate surface area is 126 Å². The van der Waals surface area contributed by atoms with Crippen molar-refractivity contribution >= 4 is 16.8 Å². The first-order valence-corrected chi connectivity index (χ1v) is 7.11. The monoisotopic (exact) mass is 304 g/mol. The summed E-state index contributed by atoms with van der Waals surface area (Å²) in [5.41, 5.74) is 0.187. The fourth-order valence-corrected chi connectivity index (χ4v) is 2.74. The first kappa shape index (κ1) is 14.7. The van der Waals surface area contributed by atoms with Crippen molar-refractivity contribution in [3.63, 3.8) is 0 Å². The summed E-state index contributed by atoms with van der Waals surface area (Å²) in [6.07, 6.45) is 2.07. The Morgan fingerprint density at radius 2 is 2.23 bits per heavy atom. The molecule has 1 aromatic carbocycles. The number of carbonyl (C=O) groups is 1. The summed E-state index contributed by atoms with van der Waals surface area (Å²) in [7, 11) is 0. The average molecular weight is 304 g/mol. The highest BCUT2D eigenvalue weighted by Gasteiger charge is 2.32. The number of aromatic nitrogens is 1. The molecular weight excluding hydrogens is 287 g/mol. The molecule has 6 heteroatoms. The number of aromatic amines is 1. The van der Waals surface area contributed by atoms with Gasteiger partial charge in [0.1, 0.15) is 11.4 Å². The van der Waals surface area contributed by atoms with Crippen LogP contribution in [-0.2, 0) is 4.74 Å². The topological polar surface area (TPSA) is 71.2 Å². The first-order chi connectivity index (χ1) is 10.4. The molecule has 2 aromatic rings. The minimum Gasteiger partial charge on any atom is -0.379 e. The van der Waals surface area contributed by atoms with Crippen LogP contribution in [0.2, 0.25) is 0 Å². The molecule has 1 saturated heterocycles. The zero-order valence-electron chi connectivity index (χ0n) is 12.5. The van der Waals surface area contributed by atoms with Gasteiger partial charge < -0.3 is 15.0 Å². The summed E-state index contributed by atoms with van der Waals surface area (Å²) in [6.45, 7) is 4.57. The number of carbonyl (C=O) groups excluding carboxylic acids is 1. The molecule has 22 heavy (non-hydrogen) atoms. The third kappa shape index (κ3) is 2.50. The molecule has 1 amide bonds. The lowest BCUT2D eigenvalue weighted by Gasteiger charge is -2.23. The van der Waals surface area contributed by atoms with Crippen LogP contribution < -0.4 is 10.7 Å². The van der Waals surface area contributed by atoms with Gasteiger partial charge in [0, 0.05) is 18.2 Å². The van der Waals surface area contributed by atoms with Crippen molar-refractivity contribution in [2.24, 2.45) is 0 Å². The van der Waals surface area contributed by atoms with Gasteiger partial charge in [-0.05, 0) is 38.0 Å². The van der Waals surface area contributed by atoms with E-state index in [0.29, 0.717) is 30.7 Å². The SMILES string of the molecule is Cc1cc(F)cc2c(=O)c(C(=O)NC3(C)CCOC3)c[nH]c12. The highest BCUT2D eigenvalue weighted by atomic mass is 19.1. The van der Waals surface area contributed by atoms with Crippen LogP contribution in [0.25, 0.3) is 10.9 Å². The molecule has 116 valence electrons. The summed E-state index contributed by atoms with van der Waals surface area (Å²) >= 11 is 0. The zero-order chi connectivity index (χ0) is 15.9. The Bertz CT molecular complexity index is 807. The van der Waals surface area contributed by atoms with Crippen LogP contribution in [0.1, 0.15) is 29.3 Å². The van der Waals surface area contributed by atoms with Crippen LogP contribution in [0.3, 0.4) is 0 Å². The lowest BCUT2D eigenvalue weighted by Crippen LogP contribution is -2.47. The summed E-state index contributed by atoms with van der Waals surface area (Å²) in [5, 5.41) is 3.01. The van der Waals surface area contributed by atoms with Crippen LogP contribution in [0.4, 0.5) is 4.39 Å². The molecule has 1 aliphatic rings. The van der Waals surface area contributed by atoms with Gasteiger partial charge in [-0.25, -0.2) is 4.39 Å². The van der Waals surface area contributed by atoms with E-state index in [1.54, 1.807) is 6.92 Å². The molecule has 1 aliphatic heterocycles. The van der Waals surface area contributed by atoms with Gasteiger partial charge in [0.2, 0.25) is 5.43 Å². The normalized spacial score (nSPS) is 21.2. The minimum absolute atomic E-state index is 0.0226. The number of amides is 1. The van der Waals surface area contributed by atoms with Gasteiger partial charge in [-0.15, -0.1) is 0 Å². The van der Waals surface area contributed by atoms with Crippen molar-refractivity contribution < 1.29 is 13.9 Å². The van der Waals surface area contributed by atoms with Gasteiger partial charge in [-0.3, -0.25) is 9.59 Å². The van der Waals surface area contributed by atoms with Crippen LogP contribution >= 0.6 is 0 Å². The summed E-state index contributed by atoms with van der Waals surface area (Å²) < 4.78 is 18.8. The van der Waals surface area contributed by atoms with Gasteiger partial charge in [-0.2, -0.15) is 0 Å². The molecule has 3 rings (SSSR count). The number of aryl methyl sites for hydroxylation is 1. The smallest absolute Gasteiger partial charge is 0.257 e. The van der Waals surface area contributed by atoms with E-state index in [9.17, 15) is 14.0 Å². The van der Waals surface area contributed by atoms with Gasteiger partial charge >= 0.3 is 0 Å². The fraction of sp³-hybridized carbons (Fsp3) is 0.375. The number of benzene rings is 1. The number of hydrogen-bond acceptors (Lipinski definition) is 3.